The Kier molecular flexibility index (Phi) is 3.85. The molecular formula is C12H11N5O3. The van der Waals surface area contributed by atoms with Gasteiger partial charge in [-0.2, -0.15) is 10.2 Å². The first-order chi connectivity index (χ1) is 9.56. The van der Waals surface area contributed by atoms with E-state index in [0.29, 0.717) is 5.56 Å². The van der Waals surface area contributed by atoms with E-state index >= 15 is 0 Å². The Hall–Kier alpha value is -3.03. The van der Waals surface area contributed by atoms with Gasteiger partial charge in [-0.05, 0) is 30.7 Å². The Labute approximate surface area is 113 Å². The van der Waals surface area contributed by atoms with Crippen molar-refractivity contribution in [3.63, 3.8) is 0 Å². The van der Waals surface area contributed by atoms with Crippen LogP contribution >= 0.6 is 0 Å². The second-order valence-corrected chi connectivity index (χ2v) is 3.98. The number of amides is 1. The second-order valence-electron chi connectivity index (χ2n) is 3.98. The normalized spacial score (nSPS) is 10.7. The second kappa shape index (κ2) is 5.74. The predicted molar refractivity (Wildman–Crippen MR) is 71.5 cm³/mol. The van der Waals surface area contributed by atoms with Crippen LogP contribution in [0.2, 0.25) is 0 Å². The summed E-state index contributed by atoms with van der Waals surface area (Å²) in [7, 11) is 0. The Morgan fingerprint density at radius 2 is 2.15 bits per heavy atom. The quantitative estimate of drug-likeness (QED) is 0.497. The highest BCUT2D eigenvalue weighted by molar-refractivity contribution is 5.93. The van der Waals surface area contributed by atoms with Crippen molar-refractivity contribution in [3.8, 4) is 0 Å². The smallest absolute Gasteiger partial charge is 0.282 e. The lowest BCUT2D eigenvalue weighted by Gasteiger charge is -1.95. The molecule has 0 aliphatic rings. The number of hydrazone groups is 1. The van der Waals surface area contributed by atoms with E-state index in [4.69, 9.17) is 0 Å². The van der Waals surface area contributed by atoms with Crippen molar-refractivity contribution < 1.29 is 9.72 Å². The lowest BCUT2D eigenvalue weighted by Crippen LogP contribution is -2.17. The molecule has 8 heteroatoms. The van der Waals surface area contributed by atoms with Gasteiger partial charge in [0.1, 0.15) is 0 Å². The molecule has 2 aromatic rings. The van der Waals surface area contributed by atoms with Crippen LogP contribution in [0.4, 0.5) is 5.69 Å². The molecule has 0 saturated carbocycles. The number of carbonyl (C=O) groups excluding carboxylic acids is 1. The van der Waals surface area contributed by atoms with Crippen molar-refractivity contribution >= 4 is 17.8 Å². The fraction of sp³-hybridized carbons (Fsp3) is 0.0833. The van der Waals surface area contributed by atoms with Gasteiger partial charge in [0.15, 0.2) is 5.69 Å². The van der Waals surface area contributed by atoms with Crippen molar-refractivity contribution in [1.82, 2.24) is 15.6 Å². The van der Waals surface area contributed by atoms with Gasteiger partial charge in [0.25, 0.3) is 11.6 Å². The number of carbonyl (C=O) groups is 1. The molecule has 102 valence electrons. The maximum absolute atomic E-state index is 11.6. The Morgan fingerprint density at radius 3 is 2.70 bits per heavy atom. The SMILES string of the molecule is Cc1cc(C(=O)N/N=C/c2ccc([N+](=O)[O-])cc2)n[nH]1. The predicted octanol–water partition coefficient (Wildman–Crippen LogP) is 1.39. The monoisotopic (exact) mass is 273 g/mol. The van der Waals surface area contributed by atoms with Crippen molar-refractivity contribution in [3.05, 3.63) is 57.4 Å². The molecule has 8 nitrogen and oxygen atoms in total. The minimum atomic E-state index is -0.484. The van der Waals surface area contributed by atoms with E-state index in [0.717, 1.165) is 5.69 Å². The summed E-state index contributed by atoms with van der Waals surface area (Å²) in [5.74, 6) is -0.437. The van der Waals surface area contributed by atoms with Crippen molar-refractivity contribution in [1.29, 1.82) is 0 Å². The van der Waals surface area contributed by atoms with Crippen LogP contribution in [0.5, 0.6) is 0 Å². The number of hydrogen-bond donors (Lipinski definition) is 2. The van der Waals surface area contributed by atoms with Crippen LogP contribution in [0.25, 0.3) is 0 Å². The number of H-pyrrole nitrogens is 1. The number of hydrogen-bond acceptors (Lipinski definition) is 5. The molecule has 1 amide bonds. The van der Waals surface area contributed by atoms with Crippen molar-refractivity contribution in [2.75, 3.05) is 0 Å². The molecule has 0 aliphatic heterocycles. The summed E-state index contributed by atoms with van der Waals surface area (Å²) in [6.07, 6.45) is 1.39. The molecule has 0 saturated heterocycles. The summed E-state index contributed by atoms with van der Waals surface area (Å²) >= 11 is 0. The van der Waals surface area contributed by atoms with Crippen LogP contribution in [0.3, 0.4) is 0 Å². The van der Waals surface area contributed by atoms with Gasteiger partial charge in [-0.15, -0.1) is 0 Å². The molecule has 0 fully saturated rings. The summed E-state index contributed by atoms with van der Waals surface area (Å²) in [6, 6.07) is 7.39. The van der Waals surface area contributed by atoms with Gasteiger partial charge < -0.3 is 0 Å². The summed E-state index contributed by atoms with van der Waals surface area (Å²) in [5.41, 5.74) is 3.96. The van der Waals surface area contributed by atoms with Gasteiger partial charge in [-0.3, -0.25) is 20.0 Å². The zero-order chi connectivity index (χ0) is 14.5. The lowest BCUT2D eigenvalue weighted by atomic mass is 10.2. The lowest BCUT2D eigenvalue weighted by molar-refractivity contribution is -0.384. The van der Waals surface area contributed by atoms with Crippen LogP contribution in [-0.4, -0.2) is 27.2 Å². The standard InChI is InChI=1S/C12H11N5O3/c1-8-6-11(15-14-8)12(18)16-13-7-9-2-4-10(5-3-9)17(19)20/h2-7H,1H3,(H,14,15)(H,16,18)/b13-7+. The van der Waals surface area contributed by atoms with Gasteiger partial charge in [0.2, 0.25) is 0 Å². The molecule has 0 bridgehead atoms. The third kappa shape index (κ3) is 3.25. The number of non-ortho nitro benzene ring substituents is 1. The number of aromatic nitrogens is 2. The Bertz CT molecular complexity index is 660. The summed E-state index contributed by atoms with van der Waals surface area (Å²) in [6.45, 7) is 1.78. The number of aromatic amines is 1. The van der Waals surface area contributed by atoms with Crippen molar-refractivity contribution in [2.45, 2.75) is 6.92 Å². The first kappa shape index (κ1) is 13.4. The molecule has 0 spiro atoms. The number of nitrogens with one attached hydrogen (secondary N) is 2. The molecule has 0 aliphatic carbocycles. The minimum absolute atomic E-state index is 0.00168. The van der Waals surface area contributed by atoms with Gasteiger partial charge in [0, 0.05) is 17.8 Å². The maximum atomic E-state index is 11.6. The molecule has 1 aromatic carbocycles. The third-order valence-electron chi connectivity index (χ3n) is 2.42. The van der Waals surface area contributed by atoms with E-state index < -0.39 is 10.8 Å². The topological polar surface area (TPSA) is 113 Å². The largest absolute Gasteiger partial charge is 0.291 e. The molecule has 0 unspecified atom stereocenters. The Balaban J connectivity index is 1.96. The van der Waals surface area contributed by atoms with E-state index in [1.165, 1.54) is 30.5 Å². The number of aryl methyl sites for hydroxylation is 1. The van der Waals surface area contributed by atoms with Crippen LogP contribution < -0.4 is 5.43 Å². The molecule has 0 radical (unpaired) electrons. The van der Waals surface area contributed by atoms with Gasteiger partial charge in [-0.25, -0.2) is 5.43 Å². The molecular weight excluding hydrogens is 262 g/mol. The molecule has 1 aromatic heterocycles. The highest BCUT2D eigenvalue weighted by Gasteiger charge is 2.07. The van der Waals surface area contributed by atoms with E-state index in [-0.39, 0.29) is 11.4 Å². The number of nitrogens with zero attached hydrogens (tertiary/aromatic N) is 3. The number of benzene rings is 1. The molecule has 1 heterocycles. The zero-order valence-corrected chi connectivity index (χ0v) is 10.5. The fourth-order valence-corrected chi connectivity index (χ4v) is 1.44. The minimum Gasteiger partial charge on any atom is -0.282 e. The maximum Gasteiger partial charge on any atom is 0.291 e. The van der Waals surface area contributed by atoms with E-state index in [1.807, 2.05) is 0 Å². The van der Waals surface area contributed by atoms with Gasteiger partial charge in [-0.1, -0.05) is 0 Å². The van der Waals surface area contributed by atoms with Gasteiger partial charge in [0.05, 0.1) is 11.1 Å². The third-order valence-corrected chi connectivity index (χ3v) is 2.42. The average molecular weight is 273 g/mol. The number of nitro benzene ring substituents is 1. The zero-order valence-electron chi connectivity index (χ0n) is 10.5. The van der Waals surface area contributed by atoms with Gasteiger partial charge >= 0.3 is 0 Å². The molecule has 0 atom stereocenters. The van der Waals surface area contributed by atoms with E-state index in [1.54, 1.807) is 13.0 Å². The summed E-state index contributed by atoms with van der Waals surface area (Å²) in [4.78, 5) is 21.6. The van der Waals surface area contributed by atoms with E-state index in [9.17, 15) is 14.9 Å². The fourth-order valence-electron chi connectivity index (χ4n) is 1.44. The molecule has 2 rings (SSSR count). The number of rotatable bonds is 4. The van der Waals surface area contributed by atoms with Crippen LogP contribution in [0, 0.1) is 17.0 Å². The first-order valence-electron chi connectivity index (χ1n) is 5.66. The summed E-state index contributed by atoms with van der Waals surface area (Å²) < 4.78 is 0. The Morgan fingerprint density at radius 1 is 1.45 bits per heavy atom. The van der Waals surface area contributed by atoms with Crippen LogP contribution in [-0.2, 0) is 0 Å². The molecule has 2 N–H and O–H groups in total. The highest BCUT2D eigenvalue weighted by Crippen LogP contribution is 2.10. The van der Waals surface area contributed by atoms with Crippen molar-refractivity contribution in [2.24, 2.45) is 5.10 Å². The molecule has 20 heavy (non-hydrogen) atoms. The van der Waals surface area contributed by atoms with E-state index in [2.05, 4.69) is 20.7 Å². The van der Waals surface area contributed by atoms with Crippen LogP contribution in [0.1, 0.15) is 21.7 Å². The summed E-state index contributed by atoms with van der Waals surface area (Å²) in [5, 5.41) is 20.7. The van der Waals surface area contributed by atoms with Crippen LogP contribution in [0.15, 0.2) is 35.4 Å². The first-order valence-corrected chi connectivity index (χ1v) is 5.66. The number of nitro groups is 1. The average Bonchev–Trinajstić information content (AvgIpc) is 2.86. The highest BCUT2D eigenvalue weighted by atomic mass is 16.6.